The standard InChI is InChI=1S/C20H25N3O3S/c1-2-26-18(25)12-21-17(24)13-27-20-15-10-6-7-11-16(15)22-19(23-20)14-8-4-3-5-9-14/h6-7,10-11,14H,2-5,8-9,12-13H2,1H3,(H,21,24). The maximum absolute atomic E-state index is 12.1. The van der Waals surface area contributed by atoms with Gasteiger partial charge in [0.15, 0.2) is 0 Å². The van der Waals surface area contributed by atoms with Gasteiger partial charge in [-0.1, -0.05) is 49.2 Å². The molecule has 144 valence electrons. The SMILES string of the molecule is CCOC(=O)CNC(=O)CSc1nc(C2CCCCC2)nc2ccccc12. The lowest BCUT2D eigenvalue weighted by molar-refractivity contribution is -0.143. The van der Waals surface area contributed by atoms with E-state index in [1.165, 1.54) is 31.0 Å². The number of nitrogens with zero attached hydrogens (tertiary/aromatic N) is 2. The van der Waals surface area contributed by atoms with Gasteiger partial charge in [-0.25, -0.2) is 9.97 Å². The maximum Gasteiger partial charge on any atom is 0.325 e. The van der Waals surface area contributed by atoms with Crippen molar-refractivity contribution in [2.75, 3.05) is 18.9 Å². The second kappa shape index (κ2) is 9.69. The molecule has 1 heterocycles. The van der Waals surface area contributed by atoms with Crippen molar-refractivity contribution in [3.8, 4) is 0 Å². The Morgan fingerprint density at radius 3 is 2.74 bits per heavy atom. The number of benzene rings is 1. The molecule has 27 heavy (non-hydrogen) atoms. The number of carbonyl (C=O) groups excluding carboxylic acids is 2. The zero-order valence-corrected chi connectivity index (χ0v) is 16.4. The van der Waals surface area contributed by atoms with Gasteiger partial charge in [0.1, 0.15) is 17.4 Å². The van der Waals surface area contributed by atoms with Gasteiger partial charge in [0.2, 0.25) is 5.91 Å². The van der Waals surface area contributed by atoms with E-state index in [4.69, 9.17) is 14.7 Å². The first kappa shape index (κ1) is 19.6. The van der Waals surface area contributed by atoms with Gasteiger partial charge in [0.05, 0.1) is 17.9 Å². The Morgan fingerprint density at radius 1 is 1.19 bits per heavy atom. The molecule has 1 aromatic heterocycles. The number of ether oxygens (including phenoxy) is 1. The fourth-order valence-corrected chi connectivity index (χ4v) is 4.14. The molecule has 0 spiro atoms. The molecule has 1 aromatic carbocycles. The molecule has 0 unspecified atom stereocenters. The molecule has 1 saturated carbocycles. The summed E-state index contributed by atoms with van der Waals surface area (Å²) in [7, 11) is 0. The van der Waals surface area contributed by atoms with E-state index >= 15 is 0 Å². The lowest BCUT2D eigenvalue weighted by Crippen LogP contribution is -2.31. The van der Waals surface area contributed by atoms with Crippen LogP contribution in [0.3, 0.4) is 0 Å². The molecule has 0 atom stereocenters. The van der Waals surface area contributed by atoms with Gasteiger partial charge in [0, 0.05) is 11.3 Å². The predicted octanol–water partition coefficient (Wildman–Crippen LogP) is 3.45. The monoisotopic (exact) mass is 387 g/mol. The van der Waals surface area contributed by atoms with Crippen molar-refractivity contribution in [3.63, 3.8) is 0 Å². The number of carbonyl (C=O) groups is 2. The van der Waals surface area contributed by atoms with Crippen LogP contribution in [0.1, 0.15) is 50.8 Å². The summed E-state index contributed by atoms with van der Waals surface area (Å²) in [6.07, 6.45) is 5.98. The van der Waals surface area contributed by atoms with Gasteiger partial charge in [-0.2, -0.15) is 0 Å². The summed E-state index contributed by atoms with van der Waals surface area (Å²) >= 11 is 1.39. The van der Waals surface area contributed by atoms with E-state index in [0.717, 1.165) is 34.6 Å². The van der Waals surface area contributed by atoms with Crippen LogP contribution in [0, 0.1) is 0 Å². The van der Waals surface area contributed by atoms with Crippen LogP contribution < -0.4 is 5.32 Å². The van der Waals surface area contributed by atoms with Crippen LogP contribution in [0.5, 0.6) is 0 Å². The second-order valence-electron chi connectivity index (χ2n) is 6.61. The molecule has 0 radical (unpaired) electrons. The molecular weight excluding hydrogens is 362 g/mol. The van der Waals surface area contributed by atoms with Gasteiger partial charge in [0.25, 0.3) is 0 Å². The largest absolute Gasteiger partial charge is 0.465 e. The zero-order chi connectivity index (χ0) is 19.1. The normalized spacial score (nSPS) is 14.9. The van der Waals surface area contributed by atoms with E-state index in [-0.39, 0.29) is 18.2 Å². The molecule has 0 aliphatic heterocycles. The molecule has 7 heteroatoms. The Bertz CT molecular complexity index is 806. The van der Waals surface area contributed by atoms with Crippen molar-refractivity contribution >= 4 is 34.5 Å². The first-order valence-electron chi connectivity index (χ1n) is 9.49. The summed E-state index contributed by atoms with van der Waals surface area (Å²) in [5.41, 5.74) is 0.919. The van der Waals surface area contributed by atoms with Crippen molar-refractivity contribution in [1.29, 1.82) is 0 Å². The second-order valence-corrected chi connectivity index (χ2v) is 7.57. The minimum Gasteiger partial charge on any atom is -0.465 e. The highest BCUT2D eigenvalue weighted by molar-refractivity contribution is 8.00. The Hall–Kier alpha value is -2.15. The van der Waals surface area contributed by atoms with Crippen LogP contribution in [-0.2, 0) is 14.3 Å². The minimum atomic E-state index is -0.428. The fraction of sp³-hybridized carbons (Fsp3) is 0.500. The molecule has 3 rings (SSSR count). The number of hydrogen-bond donors (Lipinski definition) is 1. The number of thioether (sulfide) groups is 1. The number of para-hydroxylation sites is 1. The molecule has 0 saturated heterocycles. The average Bonchev–Trinajstić information content (AvgIpc) is 2.71. The van der Waals surface area contributed by atoms with Crippen molar-refractivity contribution in [2.45, 2.75) is 50.0 Å². The summed E-state index contributed by atoms with van der Waals surface area (Å²) in [4.78, 5) is 33.0. The van der Waals surface area contributed by atoms with E-state index in [1.54, 1.807) is 6.92 Å². The molecule has 1 amide bonds. The van der Waals surface area contributed by atoms with Crippen molar-refractivity contribution in [1.82, 2.24) is 15.3 Å². The summed E-state index contributed by atoms with van der Waals surface area (Å²) in [5, 5.41) is 4.37. The number of rotatable bonds is 7. The Kier molecular flexibility index (Phi) is 7.04. The first-order chi connectivity index (χ1) is 13.2. The lowest BCUT2D eigenvalue weighted by atomic mass is 9.88. The Balaban J connectivity index is 1.70. The third-order valence-corrected chi connectivity index (χ3v) is 5.62. The van der Waals surface area contributed by atoms with Crippen LogP contribution in [0.4, 0.5) is 0 Å². The van der Waals surface area contributed by atoms with Gasteiger partial charge in [-0.05, 0) is 25.8 Å². The highest BCUT2D eigenvalue weighted by Crippen LogP contribution is 2.33. The average molecular weight is 388 g/mol. The third-order valence-electron chi connectivity index (χ3n) is 4.63. The fourth-order valence-electron chi connectivity index (χ4n) is 3.29. The van der Waals surface area contributed by atoms with Crippen LogP contribution in [0.15, 0.2) is 29.3 Å². The zero-order valence-electron chi connectivity index (χ0n) is 15.6. The Morgan fingerprint density at radius 2 is 1.96 bits per heavy atom. The predicted molar refractivity (Wildman–Crippen MR) is 106 cm³/mol. The molecule has 1 N–H and O–H groups in total. The van der Waals surface area contributed by atoms with E-state index in [2.05, 4.69) is 5.32 Å². The smallest absolute Gasteiger partial charge is 0.325 e. The van der Waals surface area contributed by atoms with E-state index in [1.807, 2.05) is 24.3 Å². The molecule has 1 fully saturated rings. The minimum absolute atomic E-state index is 0.106. The van der Waals surface area contributed by atoms with Crippen molar-refractivity contribution < 1.29 is 14.3 Å². The molecule has 1 aliphatic carbocycles. The molecule has 1 aliphatic rings. The number of fused-ring (bicyclic) bond motifs is 1. The molecule has 0 bridgehead atoms. The highest BCUT2D eigenvalue weighted by Gasteiger charge is 2.20. The first-order valence-corrected chi connectivity index (χ1v) is 10.5. The topological polar surface area (TPSA) is 81.2 Å². The molecule has 6 nitrogen and oxygen atoms in total. The summed E-state index contributed by atoms with van der Waals surface area (Å²) in [6.45, 7) is 1.94. The van der Waals surface area contributed by atoms with Gasteiger partial charge >= 0.3 is 5.97 Å². The van der Waals surface area contributed by atoms with Gasteiger partial charge in [-0.3, -0.25) is 9.59 Å². The van der Waals surface area contributed by atoms with E-state index in [9.17, 15) is 9.59 Å². The quantitative estimate of drug-likeness (QED) is 0.445. The van der Waals surface area contributed by atoms with Crippen LogP contribution >= 0.6 is 11.8 Å². The summed E-state index contributed by atoms with van der Waals surface area (Å²) in [6, 6.07) is 7.91. The third kappa shape index (κ3) is 5.42. The number of esters is 1. The van der Waals surface area contributed by atoms with E-state index < -0.39 is 5.97 Å². The summed E-state index contributed by atoms with van der Waals surface area (Å²) in [5.74, 6) is 0.853. The van der Waals surface area contributed by atoms with Crippen LogP contribution in [0.2, 0.25) is 0 Å². The number of amides is 1. The van der Waals surface area contributed by atoms with Crippen LogP contribution in [0.25, 0.3) is 10.9 Å². The number of nitrogens with one attached hydrogen (secondary N) is 1. The summed E-state index contributed by atoms with van der Waals surface area (Å²) < 4.78 is 4.81. The Labute approximate surface area is 163 Å². The number of hydrogen-bond acceptors (Lipinski definition) is 6. The van der Waals surface area contributed by atoms with Gasteiger partial charge in [-0.15, -0.1) is 0 Å². The van der Waals surface area contributed by atoms with Crippen molar-refractivity contribution in [2.24, 2.45) is 0 Å². The van der Waals surface area contributed by atoms with E-state index in [0.29, 0.717) is 12.5 Å². The van der Waals surface area contributed by atoms with Gasteiger partial charge < -0.3 is 10.1 Å². The maximum atomic E-state index is 12.1. The molecular formula is C20H25N3O3S. The lowest BCUT2D eigenvalue weighted by Gasteiger charge is -2.21. The molecule has 2 aromatic rings. The number of aromatic nitrogens is 2. The van der Waals surface area contributed by atoms with Crippen LogP contribution in [-0.4, -0.2) is 40.7 Å². The highest BCUT2D eigenvalue weighted by atomic mass is 32.2. The van der Waals surface area contributed by atoms with Crippen molar-refractivity contribution in [3.05, 3.63) is 30.1 Å².